The van der Waals surface area contributed by atoms with Gasteiger partial charge in [0.25, 0.3) is 11.8 Å². The van der Waals surface area contributed by atoms with Crippen molar-refractivity contribution < 1.29 is 23.1 Å². The fourth-order valence-electron chi connectivity index (χ4n) is 3.45. The SMILES string of the molecule is Cc1c(F)ccc([C@H]2CC(C)(C)O[C@@H]2C(=O)Nc2ccnc(C(N)=O)c2)c1F. The number of nitrogens with zero attached hydrogens (tertiary/aromatic N) is 1. The Labute approximate surface area is 161 Å². The van der Waals surface area contributed by atoms with E-state index in [0.29, 0.717) is 12.1 Å². The van der Waals surface area contributed by atoms with Gasteiger partial charge in [-0.05, 0) is 51.0 Å². The maximum Gasteiger partial charge on any atom is 0.267 e. The van der Waals surface area contributed by atoms with E-state index in [1.165, 1.54) is 37.4 Å². The number of carbonyl (C=O) groups excluding carboxylic acids is 2. The number of rotatable bonds is 4. The van der Waals surface area contributed by atoms with E-state index >= 15 is 0 Å². The molecule has 0 aliphatic carbocycles. The molecule has 2 amide bonds. The van der Waals surface area contributed by atoms with Gasteiger partial charge in [-0.15, -0.1) is 0 Å². The van der Waals surface area contributed by atoms with Crippen molar-refractivity contribution in [2.24, 2.45) is 5.73 Å². The summed E-state index contributed by atoms with van der Waals surface area (Å²) in [6.07, 6.45) is 0.741. The zero-order valence-electron chi connectivity index (χ0n) is 15.8. The van der Waals surface area contributed by atoms with Gasteiger partial charge in [0.1, 0.15) is 23.4 Å². The molecule has 2 heterocycles. The molecular formula is C20H21F2N3O3. The highest BCUT2D eigenvalue weighted by Gasteiger charge is 2.46. The lowest BCUT2D eigenvalue weighted by Gasteiger charge is -2.20. The zero-order chi connectivity index (χ0) is 20.6. The van der Waals surface area contributed by atoms with Crippen LogP contribution in [0.15, 0.2) is 30.5 Å². The fourth-order valence-corrected chi connectivity index (χ4v) is 3.45. The summed E-state index contributed by atoms with van der Waals surface area (Å²) in [5.41, 5.74) is 4.99. The molecule has 1 aromatic carbocycles. The highest BCUT2D eigenvalue weighted by atomic mass is 19.1. The third-order valence-electron chi connectivity index (χ3n) is 4.81. The monoisotopic (exact) mass is 389 g/mol. The zero-order valence-corrected chi connectivity index (χ0v) is 15.8. The summed E-state index contributed by atoms with van der Waals surface area (Å²) < 4.78 is 34.2. The van der Waals surface area contributed by atoms with Crippen molar-refractivity contribution in [3.63, 3.8) is 0 Å². The smallest absolute Gasteiger partial charge is 0.267 e. The normalized spacial score (nSPS) is 20.8. The molecule has 1 aliphatic heterocycles. The molecule has 1 fully saturated rings. The minimum absolute atomic E-state index is 0.00206. The van der Waals surface area contributed by atoms with E-state index in [2.05, 4.69) is 10.3 Å². The second kappa shape index (κ2) is 7.27. The highest BCUT2D eigenvalue weighted by molar-refractivity contribution is 5.97. The van der Waals surface area contributed by atoms with Crippen LogP contribution in [0.25, 0.3) is 0 Å². The lowest BCUT2D eigenvalue weighted by atomic mass is 9.86. The van der Waals surface area contributed by atoms with Crippen molar-refractivity contribution in [2.75, 3.05) is 5.32 Å². The van der Waals surface area contributed by atoms with Gasteiger partial charge in [-0.25, -0.2) is 8.78 Å². The number of anilines is 1. The average Bonchev–Trinajstić information content (AvgIpc) is 2.95. The van der Waals surface area contributed by atoms with Gasteiger partial charge in [0.15, 0.2) is 0 Å². The van der Waals surface area contributed by atoms with E-state index in [4.69, 9.17) is 10.5 Å². The number of hydrogen-bond acceptors (Lipinski definition) is 4. The molecule has 28 heavy (non-hydrogen) atoms. The minimum atomic E-state index is -0.987. The Hall–Kier alpha value is -2.87. The van der Waals surface area contributed by atoms with Crippen molar-refractivity contribution in [1.29, 1.82) is 0 Å². The Kier molecular flexibility index (Phi) is 5.16. The summed E-state index contributed by atoms with van der Waals surface area (Å²) in [7, 11) is 0. The second-order valence-electron chi connectivity index (χ2n) is 7.47. The largest absolute Gasteiger partial charge is 0.364 e. The number of halogens is 2. The van der Waals surface area contributed by atoms with Gasteiger partial charge in [-0.3, -0.25) is 14.6 Å². The number of amides is 2. The first kappa shape index (κ1) is 19.9. The molecule has 8 heteroatoms. The molecule has 6 nitrogen and oxygen atoms in total. The van der Waals surface area contributed by atoms with Crippen LogP contribution in [-0.2, 0) is 9.53 Å². The standard InChI is InChI=1S/C20H21F2N3O3/c1-10-14(21)5-4-12(16(10)22)13-9-20(2,3)28-17(13)19(27)25-11-6-7-24-15(8-11)18(23)26/h4-8,13,17H,9H2,1-3H3,(H2,23,26)(H,24,25,27)/t13-,17+/m1/s1. The predicted octanol–water partition coefficient (Wildman–Crippen LogP) is 3.06. The topological polar surface area (TPSA) is 94.3 Å². The summed E-state index contributed by atoms with van der Waals surface area (Å²) in [5, 5.41) is 2.65. The van der Waals surface area contributed by atoms with Crippen molar-refractivity contribution in [3.05, 3.63) is 58.9 Å². The molecule has 1 saturated heterocycles. The maximum absolute atomic E-state index is 14.7. The van der Waals surface area contributed by atoms with Crippen LogP contribution in [0.4, 0.5) is 14.5 Å². The molecule has 1 aliphatic rings. The van der Waals surface area contributed by atoms with Crippen LogP contribution < -0.4 is 11.1 Å². The average molecular weight is 389 g/mol. The van der Waals surface area contributed by atoms with E-state index in [1.807, 2.05) is 0 Å². The summed E-state index contributed by atoms with van der Waals surface area (Å²) >= 11 is 0. The fraction of sp³-hybridized carbons (Fsp3) is 0.350. The summed E-state index contributed by atoms with van der Waals surface area (Å²) in [5.74, 6) is -3.14. The summed E-state index contributed by atoms with van der Waals surface area (Å²) in [6.45, 7) is 4.96. The van der Waals surface area contributed by atoms with Crippen LogP contribution in [0.5, 0.6) is 0 Å². The Bertz CT molecular complexity index is 946. The Balaban J connectivity index is 1.90. The molecule has 0 spiro atoms. The number of nitrogens with one attached hydrogen (secondary N) is 1. The van der Waals surface area contributed by atoms with Gasteiger partial charge < -0.3 is 15.8 Å². The quantitative estimate of drug-likeness (QED) is 0.840. The Morgan fingerprint density at radius 1 is 1.29 bits per heavy atom. The molecular weight excluding hydrogens is 368 g/mol. The molecule has 2 atom stereocenters. The highest BCUT2D eigenvalue weighted by Crippen LogP contribution is 2.43. The van der Waals surface area contributed by atoms with Gasteiger partial charge in [0.05, 0.1) is 5.60 Å². The van der Waals surface area contributed by atoms with E-state index in [-0.39, 0.29) is 16.8 Å². The predicted molar refractivity (Wildman–Crippen MR) is 98.8 cm³/mol. The van der Waals surface area contributed by atoms with Crippen LogP contribution in [0.2, 0.25) is 0 Å². The number of nitrogens with two attached hydrogens (primary N) is 1. The molecule has 0 bridgehead atoms. The van der Waals surface area contributed by atoms with E-state index < -0.39 is 41.1 Å². The first-order valence-electron chi connectivity index (χ1n) is 8.78. The first-order valence-corrected chi connectivity index (χ1v) is 8.78. The van der Waals surface area contributed by atoms with Crippen LogP contribution in [0.1, 0.15) is 47.8 Å². The van der Waals surface area contributed by atoms with Crippen LogP contribution in [0, 0.1) is 18.6 Å². The number of hydrogen-bond donors (Lipinski definition) is 2. The lowest BCUT2D eigenvalue weighted by Crippen LogP contribution is -2.33. The lowest BCUT2D eigenvalue weighted by molar-refractivity contribution is -0.130. The molecule has 2 aromatic rings. The molecule has 148 valence electrons. The van der Waals surface area contributed by atoms with Gasteiger partial charge in [-0.1, -0.05) is 6.07 Å². The van der Waals surface area contributed by atoms with E-state index in [1.54, 1.807) is 13.8 Å². The Morgan fingerprint density at radius 2 is 2.00 bits per heavy atom. The van der Waals surface area contributed by atoms with E-state index in [9.17, 15) is 18.4 Å². The van der Waals surface area contributed by atoms with Crippen LogP contribution >= 0.6 is 0 Å². The third kappa shape index (κ3) is 3.87. The number of benzene rings is 1. The number of ether oxygens (including phenoxy) is 1. The summed E-state index contributed by atoms with van der Waals surface area (Å²) in [4.78, 5) is 27.9. The third-order valence-corrected chi connectivity index (χ3v) is 4.81. The van der Waals surface area contributed by atoms with Crippen molar-refractivity contribution >= 4 is 17.5 Å². The van der Waals surface area contributed by atoms with Crippen LogP contribution in [0.3, 0.4) is 0 Å². The molecule has 0 radical (unpaired) electrons. The van der Waals surface area contributed by atoms with Crippen molar-refractivity contribution in [2.45, 2.75) is 44.8 Å². The molecule has 0 saturated carbocycles. The number of carbonyl (C=O) groups is 2. The maximum atomic E-state index is 14.7. The molecule has 0 unspecified atom stereocenters. The number of pyridine rings is 1. The number of primary amides is 1. The van der Waals surface area contributed by atoms with Gasteiger partial charge in [0.2, 0.25) is 0 Å². The minimum Gasteiger partial charge on any atom is -0.364 e. The van der Waals surface area contributed by atoms with E-state index in [0.717, 1.165) is 0 Å². The molecule has 1 aromatic heterocycles. The second-order valence-corrected chi connectivity index (χ2v) is 7.47. The Morgan fingerprint density at radius 3 is 2.68 bits per heavy atom. The van der Waals surface area contributed by atoms with Crippen molar-refractivity contribution in [3.8, 4) is 0 Å². The van der Waals surface area contributed by atoms with Crippen LogP contribution in [-0.4, -0.2) is 28.5 Å². The van der Waals surface area contributed by atoms with Gasteiger partial charge in [-0.2, -0.15) is 0 Å². The van der Waals surface area contributed by atoms with Crippen molar-refractivity contribution in [1.82, 2.24) is 4.98 Å². The molecule has 3 N–H and O–H groups in total. The summed E-state index contributed by atoms with van der Waals surface area (Å²) in [6, 6.07) is 5.39. The number of aromatic nitrogens is 1. The van der Waals surface area contributed by atoms with Gasteiger partial charge in [0, 0.05) is 23.4 Å². The first-order chi connectivity index (χ1) is 13.1. The van der Waals surface area contributed by atoms with Gasteiger partial charge >= 0.3 is 0 Å². The molecule has 3 rings (SSSR count).